The minimum Gasteiger partial charge on any atom is -0.379 e. The molecule has 0 radical (unpaired) electrons. The van der Waals surface area contributed by atoms with Crippen LogP contribution in [-0.4, -0.2) is 37.5 Å². The first-order valence-electron chi connectivity index (χ1n) is 7.34. The van der Waals surface area contributed by atoms with E-state index < -0.39 is 0 Å². The number of carbonyl (C=O) groups excluding carboxylic acids is 2. The molecule has 2 unspecified atom stereocenters. The molecular weight excluding hydrogens is 268 g/mol. The minimum atomic E-state index is -0.177. The lowest BCUT2D eigenvalue weighted by atomic mass is 10.0. The zero-order chi connectivity index (χ0) is 15.2. The fourth-order valence-corrected chi connectivity index (χ4v) is 2.37. The maximum atomic E-state index is 12.3. The molecular formula is C16H22N2O3. The second kappa shape index (κ2) is 7.33. The van der Waals surface area contributed by atoms with Crippen molar-refractivity contribution in [3.05, 3.63) is 29.8 Å². The predicted molar refractivity (Wildman–Crippen MR) is 81.5 cm³/mol. The van der Waals surface area contributed by atoms with Crippen molar-refractivity contribution in [3.63, 3.8) is 0 Å². The number of ketones is 1. The molecule has 5 nitrogen and oxygen atoms in total. The predicted octanol–water partition coefficient (Wildman–Crippen LogP) is 1.84. The van der Waals surface area contributed by atoms with E-state index in [1.165, 1.54) is 6.92 Å². The second-order valence-electron chi connectivity index (χ2n) is 5.33. The standard InChI is InChI=1S/C16H22N2O3/c1-3-8-17-15-10-21-9-14(15)16(20)18-13-6-4-12(5-7-13)11(2)19/h4-7,14-15,17H,3,8-10H2,1-2H3,(H,18,20). The summed E-state index contributed by atoms with van der Waals surface area (Å²) in [5.41, 5.74) is 1.34. The molecule has 114 valence electrons. The molecule has 0 spiro atoms. The maximum Gasteiger partial charge on any atom is 0.231 e. The van der Waals surface area contributed by atoms with Gasteiger partial charge in [0.15, 0.2) is 5.78 Å². The van der Waals surface area contributed by atoms with Gasteiger partial charge < -0.3 is 15.4 Å². The van der Waals surface area contributed by atoms with Gasteiger partial charge in [-0.3, -0.25) is 9.59 Å². The van der Waals surface area contributed by atoms with E-state index in [9.17, 15) is 9.59 Å². The second-order valence-corrected chi connectivity index (χ2v) is 5.33. The van der Waals surface area contributed by atoms with Crippen molar-refractivity contribution in [1.29, 1.82) is 0 Å². The molecule has 1 heterocycles. The maximum absolute atomic E-state index is 12.3. The van der Waals surface area contributed by atoms with Crippen molar-refractivity contribution in [1.82, 2.24) is 5.32 Å². The molecule has 0 aliphatic carbocycles. The monoisotopic (exact) mass is 290 g/mol. The van der Waals surface area contributed by atoms with Gasteiger partial charge in [0, 0.05) is 17.3 Å². The Morgan fingerprint density at radius 3 is 2.57 bits per heavy atom. The number of carbonyl (C=O) groups is 2. The van der Waals surface area contributed by atoms with Gasteiger partial charge >= 0.3 is 0 Å². The molecule has 1 aliphatic heterocycles. The Balaban J connectivity index is 1.95. The van der Waals surface area contributed by atoms with E-state index in [2.05, 4.69) is 17.6 Å². The molecule has 1 aromatic rings. The van der Waals surface area contributed by atoms with Crippen LogP contribution in [0, 0.1) is 5.92 Å². The quantitative estimate of drug-likeness (QED) is 0.785. The molecule has 5 heteroatoms. The van der Waals surface area contributed by atoms with Crippen LogP contribution in [0.25, 0.3) is 0 Å². The zero-order valence-electron chi connectivity index (χ0n) is 12.5. The molecule has 1 saturated heterocycles. The van der Waals surface area contributed by atoms with Gasteiger partial charge in [-0.15, -0.1) is 0 Å². The normalized spacial score (nSPS) is 21.2. The summed E-state index contributed by atoms with van der Waals surface area (Å²) >= 11 is 0. The van der Waals surface area contributed by atoms with Gasteiger partial charge in [-0.1, -0.05) is 6.92 Å². The summed E-state index contributed by atoms with van der Waals surface area (Å²) in [5, 5.41) is 6.23. The smallest absolute Gasteiger partial charge is 0.231 e. The third kappa shape index (κ3) is 4.12. The topological polar surface area (TPSA) is 67.4 Å². The van der Waals surface area contributed by atoms with E-state index >= 15 is 0 Å². The molecule has 1 aromatic carbocycles. The highest BCUT2D eigenvalue weighted by Crippen LogP contribution is 2.17. The number of hydrogen-bond acceptors (Lipinski definition) is 4. The molecule has 0 bridgehead atoms. The van der Waals surface area contributed by atoms with Crippen LogP contribution < -0.4 is 10.6 Å². The van der Waals surface area contributed by atoms with Crippen LogP contribution >= 0.6 is 0 Å². The number of ether oxygens (including phenoxy) is 1. The van der Waals surface area contributed by atoms with Gasteiger partial charge in [0.25, 0.3) is 0 Å². The Morgan fingerprint density at radius 1 is 1.24 bits per heavy atom. The number of amides is 1. The Bertz CT molecular complexity index is 499. The lowest BCUT2D eigenvalue weighted by molar-refractivity contribution is -0.120. The van der Waals surface area contributed by atoms with Gasteiger partial charge in [0.2, 0.25) is 5.91 Å². The van der Waals surface area contributed by atoms with Crippen LogP contribution in [0.1, 0.15) is 30.6 Å². The fourth-order valence-electron chi connectivity index (χ4n) is 2.37. The summed E-state index contributed by atoms with van der Waals surface area (Å²) in [7, 11) is 0. The van der Waals surface area contributed by atoms with Crippen molar-refractivity contribution < 1.29 is 14.3 Å². The average Bonchev–Trinajstić information content (AvgIpc) is 2.94. The van der Waals surface area contributed by atoms with Crippen LogP contribution in [0.3, 0.4) is 0 Å². The molecule has 1 amide bonds. The summed E-state index contributed by atoms with van der Waals surface area (Å²) in [6, 6.07) is 7.00. The van der Waals surface area contributed by atoms with E-state index in [1.807, 2.05) is 0 Å². The van der Waals surface area contributed by atoms with Gasteiger partial charge in [-0.25, -0.2) is 0 Å². The number of anilines is 1. The van der Waals surface area contributed by atoms with E-state index in [4.69, 9.17) is 4.74 Å². The zero-order valence-corrected chi connectivity index (χ0v) is 12.5. The fraction of sp³-hybridized carbons (Fsp3) is 0.500. The number of nitrogens with one attached hydrogen (secondary N) is 2. The average molecular weight is 290 g/mol. The summed E-state index contributed by atoms with van der Waals surface area (Å²) < 4.78 is 5.41. The lowest BCUT2D eigenvalue weighted by Gasteiger charge is -2.18. The first-order chi connectivity index (χ1) is 10.1. The number of Topliss-reactive ketones (excluding diaryl/α,β-unsaturated/α-hetero) is 1. The van der Waals surface area contributed by atoms with E-state index in [1.54, 1.807) is 24.3 Å². The molecule has 2 N–H and O–H groups in total. The molecule has 2 rings (SSSR count). The molecule has 1 aliphatic rings. The van der Waals surface area contributed by atoms with Gasteiger partial charge in [-0.2, -0.15) is 0 Å². The number of hydrogen-bond donors (Lipinski definition) is 2. The highest BCUT2D eigenvalue weighted by Gasteiger charge is 2.33. The van der Waals surface area contributed by atoms with Gasteiger partial charge in [-0.05, 0) is 44.2 Å². The van der Waals surface area contributed by atoms with Crippen LogP contribution in [0.4, 0.5) is 5.69 Å². The van der Waals surface area contributed by atoms with E-state index in [0.29, 0.717) is 24.5 Å². The van der Waals surface area contributed by atoms with Crippen LogP contribution in [0.2, 0.25) is 0 Å². The van der Waals surface area contributed by atoms with Crippen molar-refractivity contribution in [2.75, 3.05) is 25.1 Å². The number of benzene rings is 1. The van der Waals surface area contributed by atoms with Gasteiger partial charge in [0.05, 0.1) is 19.1 Å². The van der Waals surface area contributed by atoms with Gasteiger partial charge in [0.1, 0.15) is 0 Å². The van der Waals surface area contributed by atoms with E-state index in [0.717, 1.165) is 13.0 Å². The minimum absolute atomic E-state index is 0.0147. The van der Waals surface area contributed by atoms with Crippen molar-refractivity contribution >= 4 is 17.4 Å². The molecule has 1 fully saturated rings. The van der Waals surface area contributed by atoms with Crippen molar-refractivity contribution in [2.45, 2.75) is 26.3 Å². The summed E-state index contributed by atoms with van der Waals surface area (Å²) in [5.74, 6) is -0.207. The molecule has 2 atom stereocenters. The first kappa shape index (κ1) is 15.7. The summed E-state index contributed by atoms with van der Waals surface area (Å²) in [6.45, 7) is 5.51. The number of rotatable bonds is 6. The van der Waals surface area contributed by atoms with E-state index in [-0.39, 0.29) is 23.7 Å². The Labute approximate surface area is 125 Å². The third-order valence-electron chi connectivity index (χ3n) is 3.63. The molecule has 0 aromatic heterocycles. The van der Waals surface area contributed by atoms with Crippen LogP contribution in [0.5, 0.6) is 0 Å². The van der Waals surface area contributed by atoms with Crippen LogP contribution in [0.15, 0.2) is 24.3 Å². The van der Waals surface area contributed by atoms with Crippen molar-refractivity contribution in [3.8, 4) is 0 Å². The molecule has 21 heavy (non-hydrogen) atoms. The SMILES string of the molecule is CCCNC1COCC1C(=O)Nc1ccc(C(C)=O)cc1. The highest BCUT2D eigenvalue weighted by atomic mass is 16.5. The summed E-state index contributed by atoms with van der Waals surface area (Å²) in [4.78, 5) is 23.5. The first-order valence-corrected chi connectivity index (χ1v) is 7.34. The van der Waals surface area contributed by atoms with Crippen molar-refractivity contribution in [2.24, 2.45) is 5.92 Å². The summed E-state index contributed by atoms with van der Waals surface area (Å²) in [6.07, 6.45) is 1.03. The molecule has 0 saturated carbocycles. The Kier molecular flexibility index (Phi) is 5.47. The Hall–Kier alpha value is -1.72. The largest absolute Gasteiger partial charge is 0.379 e. The van der Waals surface area contributed by atoms with Crippen LogP contribution in [-0.2, 0) is 9.53 Å². The Morgan fingerprint density at radius 2 is 1.95 bits per heavy atom. The highest BCUT2D eigenvalue weighted by molar-refractivity contribution is 5.96. The lowest BCUT2D eigenvalue weighted by Crippen LogP contribution is -2.41. The third-order valence-corrected chi connectivity index (χ3v) is 3.63.